The Bertz CT molecular complexity index is 799. The molecule has 0 aliphatic rings. The molecule has 1 N–H and O–H groups in total. The van der Waals surface area contributed by atoms with E-state index >= 15 is 0 Å². The molecular weight excluding hydrogens is 270 g/mol. The summed E-state index contributed by atoms with van der Waals surface area (Å²) < 4.78 is 0. The minimum atomic E-state index is -0.0871. The number of benzene rings is 1. The van der Waals surface area contributed by atoms with Crippen molar-refractivity contribution in [2.45, 2.75) is 17.8 Å². The van der Waals surface area contributed by atoms with Crippen molar-refractivity contribution < 1.29 is 0 Å². The molecule has 0 aliphatic heterocycles. The summed E-state index contributed by atoms with van der Waals surface area (Å²) in [4.78, 5) is 23.4. The summed E-state index contributed by atoms with van der Waals surface area (Å²) in [5.74, 6) is 0.753. The van der Waals surface area contributed by atoms with E-state index in [1.807, 2.05) is 31.2 Å². The van der Waals surface area contributed by atoms with Gasteiger partial charge in [0.1, 0.15) is 0 Å². The Morgan fingerprint density at radius 1 is 1.20 bits per heavy atom. The van der Waals surface area contributed by atoms with Gasteiger partial charge in [0.2, 0.25) is 0 Å². The molecule has 20 heavy (non-hydrogen) atoms. The highest BCUT2D eigenvalue weighted by atomic mass is 32.2. The van der Waals surface area contributed by atoms with Gasteiger partial charge < -0.3 is 4.98 Å². The van der Waals surface area contributed by atoms with Crippen molar-refractivity contribution in [2.24, 2.45) is 0 Å². The molecule has 100 valence electrons. The Labute approximate surface area is 120 Å². The van der Waals surface area contributed by atoms with Crippen LogP contribution in [0.3, 0.4) is 0 Å². The molecule has 2 aromatic heterocycles. The highest BCUT2D eigenvalue weighted by Crippen LogP contribution is 2.20. The van der Waals surface area contributed by atoms with Crippen LogP contribution in [0.15, 0.2) is 52.7 Å². The number of thioether (sulfide) groups is 1. The van der Waals surface area contributed by atoms with Gasteiger partial charge in [-0.1, -0.05) is 23.9 Å². The maximum Gasteiger partial charge on any atom is 0.259 e. The van der Waals surface area contributed by atoms with Gasteiger partial charge in [-0.25, -0.2) is 4.98 Å². The van der Waals surface area contributed by atoms with Crippen LogP contribution in [0.25, 0.3) is 10.9 Å². The third-order valence-electron chi connectivity index (χ3n) is 3.04. The van der Waals surface area contributed by atoms with E-state index in [-0.39, 0.29) is 5.56 Å². The minimum Gasteiger partial charge on any atom is -0.301 e. The van der Waals surface area contributed by atoms with Crippen LogP contribution in [0.5, 0.6) is 0 Å². The second-order valence-electron chi connectivity index (χ2n) is 4.49. The number of aromatic amines is 1. The zero-order valence-corrected chi connectivity index (χ0v) is 11.8. The molecule has 5 heteroatoms. The number of pyridine rings is 1. The molecule has 3 rings (SSSR count). The van der Waals surface area contributed by atoms with Crippen LogP contribution in [0.1, 0.15) is 11.1 Å². The fraction of sp³-hybridized carbons (Fsp3) is 0.133. The van der Waals surface area contributed by atoms with Gasteiger partial charge in [0.25, 0.3) is 5.56 Å². The van der Waals surface area contributed by atoms with E-state index < -0.39 is 0 Å². The highest BCUT2D eigenvalue weighted by Gasteiger charge is 2.06. The Hall–Kier alpha value is -2.14. The van der Waals surface area contributed by atoms with Crippen LogP contribution >= 0.6 is 11.8 Å². The third kappa shape index (κ3) is 2.58. The molecule has 0 fully saturated rings. The summed E-state index contributed by atoms with van der Waals surface area (Å²) in [7, 11) is 0. The fourth-order valence-corrected chi connectivity index (χ4v) is 2.80. The highest BCUT2D eigenvalue weighted by molar-refractivity contribution is 7.98. The predicted molar refractivity (Wildman–Crippen MR) is 80.9 cm³/mol. The molecule has 0 radical (unpaired) electrons. The summed E-state index contributed by atoms with van der Waals surface area (Å²) >= 11 is 1.52. The van der Waals surface area contributed by atoms with Crippen molar-refractivity contribution in [3.8, 4) is 0 Å². The molecule has 4 nitrogen and oxygen atoms in total. The smallest absolute Gasteiger partial charge is 0.259 e. The van der Waals surface area contributed by atoms with E-state index in [9.17, 15) is 4.79 Å². The molecule has 0 saturated carbocycles. The lowest BCUT2D eigenvalue weighted by Gasteiger charge is -2.04. The fourth-order valence-electron chi connectivity index (χ4n) is 1.98. The molecule has 0 unspecified atom stereocenters. The Morgan fingerprint density at radius 2 is 2.00 bits per heavy atom. The van der Waals surface area contributed by atoms with Crippen LogP contribution in [0, 0.1) is 6.92 Å². The first-order valence-corrected chi connectivity index (χ1v) is 7.24. The second kappa shape index (κ2) is 5.46. The topological polar surface area (TPSA) is 58.6 Å². The van der Waals surface area contributed by atoms with Crippen LogP contribution < -0.4 is 5.56 Å². The Morgan fingerprint density at radius 3 is 2.80 bits per heavy atom. The van der Waals surface area contributed by atoms with Crippen LogP contribution in [0.4, 0.5) is 0 Å². The number of fused-ring (bicyclic) bond motifs is 1. The van der Waals surface area contributed by atoms with Gasteiger partial charge >= 0.3 is 0 Å². The molecule has 0 atom stereocenters. The number of aromatic nitrogens is 3. The lowest BCUT2D eigenvalue weighted by Crippen LogP contribution is -2.09. The summed E-state index contributed by atoms with van der Waals surface area (Å²) in [6.07, 6.45) is 3.52. The number of rotatable bonds is 3. The molecule has 1 aromatic carbocycles. The molecule has 0 bridgehead atoms. The number of para-hydroxylation sites is 1. The quantitative estimate of drug-likeness (QED) is 0.593. The monoisotopic (exact) mass is 283 g/mol. The second-order valence-corrected chi connectivity index (χ2v) is 5.45. The molecular formula is C15H13N3OS. The van der Waals surface area contributed by atoms with Crippen molar-refractivity contribution in [1.82, 2.24) is 15.0 Å². The number of H-pyrrole nitrogens is 1. The van der Waals surface area contributed by atoms with Crippen molar-refractivity contribution in [1.29, 1.82) is 0 Å². The van der Waals surface area contributed by atoms with E-state index in [1.165, 1.54) is 11.8 Å². The van der Waals surface area contributed by atoms with E-state index in [1.54, 1.807) is 18.5 Å². The summed E-state index contributed by atoms with van der Waals surface area (Å²) in [5, 5.41) is 1.28. The van der Waals surface area contributed by atoms with E-state index in [4.69, 9.17) is 0 Å². The van der Waals surface area contributed by atoms with Gasteiger partial charge in [-0.3, -0.25) is 9.78 Å². The van der Waals surface area contributed by atoms with Crippen LogP contribution in [-0.4, -0.2) is 15.0 Å². The first kappa shape index (κ1) is 12.9. The van der Waals surface area contributed by atoms with Crippen molar-refractivity contribution in [3.05, 3.63) is 64.2 Å². The van der Waals surface area contributed by atoms with E-state index in [2.05, 4.69) is 15.0 Å². The number of hydrogen-bond donors (Lipinski definition) is 1. The minimum absolute atomic E-state index is 0.0871. The molecule has 0 spiro atoms. The van der Waals surface area contributed by atoms with E-state index in [0.29, 0.717) is 10.5 Å². The summed E-state index contributed by atoms with van der Waals surface area (Å²) in [5.41, 5.74) is 2.85. The van der Waals surface area contributed by atoms with Gasteiger partial charge in [-0.05, 0) is 36.2 Å². The largest absolute Gasteiger partial charge is 0.301 e. The van der Waals surface area contributed by atoms with Gasteiger partial charge in [0.05, 0.1) is 10.9 Å². The number of hydrogen-bond acceptors (Lipinski definition) is 4. The summed E-state index contributed by atoms with van der Waals surface area (Å²) in [6, 6.07) is 9.55. The predicted octanol–water partition coefficient (Wildman–Crippen LogP) is 2.92. The molecule has 2 heterocycles. The average molecular weight is 283 g/mol. The first-order valence-electron chi connectivity index (χ1n) is 6.25. The van der Waals surface area contributed by atoms with Crippen molar-refractivity contribution in [2.75, 3.05) is 0 Å². The third-order valence-corrected chi connectivity index (χ3v) is 3.99. The van der Waals surface area contributed by atoms with Gasteiger partial charge in [-0.2, -0.15) is 0 Å². The summed E-state index contributed by atoms with van der Waals surface area (Å²) in [6.45, 7) is 1.96. The average Bonchev–Trinajstić information content (AvgIpc) is 2.47. The lowest BCUT2D eigenvalue weighted by molar-refractivity contribution is 0.970. The number of aryl methyl sites for hydroxylation is 1. The Balaban J connectivity index is 1.93. The SMILES string of the molecule is Cc1cccc2c(=O)[nH]c(SCc3ccncc3)nc12. The molecule has 0 saturated heterocycles. The standard InChI is InChI=1S/C15H13N3OS/c1-10-3-2-4-12-13(10)17-15(18-14(12)19)20-9-11-5-7-16-8-6-11/h2-8H,9H2,1H3,(H,17,18,19). The molecule has 0 aliphatic carbocycles. The van der Waals surface area contributed by atoms with E-state index in [0.717, 1.165) is 22.4 Å². The van der Waals surface area contributed by atoms with Crippen LogP contribution in [0.2, 0.25) is 0 Å². The first-order chi connectivity index (χ1) is 9.74. The van der Waals surface area contributed by atoms with Gasteiger partial charge in [-0.15, -0.1) is 0 Å². The van der Waals surface area contributed by atoms with Crippen molar-refractivity contribution >= 4 is 22.7 Å². The normalized spacial score (nSPS) is 10.8. The Kier molecular flexibility index (Phi) is 3.52. The molecule has 0 amide bonds. The lowest BCUT2D eigenvalue weighted by atomic mass is 10.1. The number of nitrogens with zero attached hydrogens (tertiary/aromatic N) is 2. The zero-order chi connectivity index (χ0) is 13.9. The van der Waals surface area contributed by atoms with Crippen molar-refractivity contribution in [3.63, 3.8) is 0 Å². The van der Waals surface area contributed by atoms with Gasteiger partial charge in [0.15, 0.2) is 5.16 Å². The van der Waals surface area contributed by atoms with Gasteiger partial charge in [0, 0.05) is 18.1 Å². The maximum absolute atomic E-state index is 12.0. The number of nitrogens with one attached hydrogen (secondary N) is 1. The maximum atomic E-state index is 12.0. The molecule has 3 aromatic rings. The zero-order valence-electron chi connectivity index (χ0n) is 11.0. The van der Waals surface area contributed by atoms with Crippen LogP contribution in [-0.2, 0) is 5.75 Å².